The molecule has 38 heavy (non-hydrogen) atoms. The topological polar surface area (TPSA) is 68.2 Å². The van der Waals surface area contributed by atoms with Crippen molar-refractivity contribution >= 4 is 32.8 Å². The molecule has 0 aliphatic carbocycles. The first kappa shape index (κ1) is 26.1. The maximum Gasteiger partial charge on any atom is 0.407 e. The fourth-order valence-corrected chi connectivity index (χ4v) is 5.10. The number of carboxylic acid groups (broad SMARTS) is 1. The zero-order chi connectivity index (χ0) is 26.3. The summed E-state index contributed by atoms with van der Waals surface area (Å²) in [6.07, 6.45) is -0.440. The van der Waals surface area contributed by atoms with Crippen LogP contribution in [0.2, 0.25) is 0 Å². The summed E-state index contributed by atoms with van der Waals surface area (Å²) in [6.45, 7) is 2.14. The highest BCUT2D eigenvalue weighted by Crippen LogP contribution is 2.32. The lowest BCUT2D eigenvalue weighted by Gasteiger charge is -2.37. The molecule has 5 rings (SSSR count). The number of ether oxygens (including phenoxy) is 3. The molecular weight excluding hydrogens is 546 g/mol. The van der Waals surface area contributed by atoms with Gasteiger partial charge in [0.25, 0.3) is 0 Å². The van der Waals surface area contributed by atoms with Crippen molar-refractivity contribution in [1.29, 1.82) is 0 Å². The summed E-state index contributed by atoms with van der Waals surface area (Å²) in [6, 6.07) is 30.3. The van der Waals surface area contributed by atoms with E-state index >= 15 is 0 Å². The number of amides is 1. The van der Waals surface area contributed by atoms with Gasteiger partial charge in [-0.15, -0.1) is 0 Å². The first-order valence-corrected chi connectivity index (χ1v) is 13.5. The number of likely N-dealkylation sites (tertiary alicyclic amines) is 1. The number of rotatable bonds is 9. The van der Waals surface area contributed by atoms with Gasteiger partial charge in [0, 0.05) is 16.9 Å². The van der Waals surface area contributed by atoms with Crippen LogP contribution < -0.4 is 9.47 Å². The number of fused-ring (bicyclic) bond motifs is 1. The van der Waals surface area contributed by atoms with Crippen LogP contribution in [-0.4, -0.2) is 48.5 Å². The molecule has 1 amide bonds. The third-order valence-electron chi connectivity index (χ3n) is 6.85. The fourth-order valence-electron chi connectivity index (χ4n) is 4.83. The number of piperidine rings is 1. The highest BCUT2D eigenvalue weighted by molar-refractivity contribution is 9.10. The van der Waals surface area contributed by atoms with Crippen molar-refractivity contribution in [2.24, 2.45) is 0 Å². The Balaban J connectivity index is 1.19. The molecule has 4 aromatic rings. The molecular formula is C31H30BrNO5. The first-order chi connectivity index (χ1) is 18.5. The number of hydrogen-bond donors (Lipinski definition) is 1. The Bertz CT molecular complexity index is 1360. The Morgan fingerprint density at radius 3 is 2.21 bits per heavy atom. The number of nitrogens with zero attached hydrogens (tertiary/aromatic N) is 1. The van der Waals surface area contributed by atoms with Gasteiger partial charge in [-0.05, 0) is 70.8 Å². The molecule has 1 saturated heterocycles. The van der Waals surface area contributed by atoms with Crippen molar-refractivity contribution in [2.75, 3.05) is 26.3 Å². The second-order valence-corrected chi connectivity index (χ2v) is 10.3. The van der Waals surface area contributed by atoms with E-state index in [-0.39, 0.29) is 12.0 Å². The van der Waals surface area contributed by atoms with Crippen LogP contribution in [0.3, 0.4) is 0 Å². The molecule has 1 aliphatic rings. The number of benzene rings is 4. The average Bonchev–Trinajstić information content (AvgIpc) is 2.95. The molecule has 6 nitrogen and oxygen atoms in total. The van der Waals surface area contributed by atoms with E-state index in [1.54, 1.807) is 0 Å². The minimum atomic E-state index is -0.906. The van der Waals surface area contributed by atoms with E-state index < -0.39 is 6.09 Å². The van der Waals surface area contributed by atoms with E-state index in [0.717, 1.165) is 27.1 Å². The normalized spacial score (nSPS) is 17.3. The van der Waals surface area contributed by atoms with Crippen molar-refractivity contribution in [1.82, 2.24) is 4.90 Å². The smallest absolute Gasteiger partial charge is 0.407 e. The van der Waals surface area contributed by atoms with Crippen LogP contribution in [0, 0.1) is 0 Å². The second-order valence-electron chi connectivity index (χ2n) is 9.37. The predicted octanol–water partition coefficient (Wildman–Crippen LogP) is 7.11. The molecule has 4 aromatic carbocycles. The van der Waals surface area contributed by atoms with Crippen LogP contribution in [0.25, 0.3) is 10.8 Å². The van der Waals surface area contributed by atoms with Crippen LogP contribution in [0.1, 0.15) is 23.5 Å². The van der Waals surface area contributed by atoms with E-state index in [1.165, 1.54) is 15.7 Å². The monoisotopic (exact) mass is 575 g/mol. The third kappa shape index (κ3) is 6.65. The summed E-state index contributed by atoms with van der Waals surface area (Å²) in [4.78, 5) is 13.1. The molecule has 1 aliphatic heterocycles. The molecule has 7 heteroatoms. The molecule has 0 bridgehead atoms. The molecule has 0 saturated carbocycles. The van der Waals surface area contributed by atoms with Gasteiger partial charge in [0.2, 0.25) is 0 Å². The van der Waals surface area contributed by atoms with Gasteiger partial charge in [0.1, 0.15) is 24.7 Å². The molecule has 1 N–H and O–H groups in total. The van der Waals surface area contributed by atoms with Gasteiger partial charge < -0.3 is 24.2 Å². The number of halogens is 1. The number of carbonyl (C=O) groups is 1. The van der Waals surface area contributed by atoms with Gasteiger partial charge in [-0.3, -0.25) is 0 Å². The zero-order valence-corrected chi connectivity index (χ0v) is 22.5. The average molecular weight is 576 g/mol. The Morgan fingerprint density at radius 1 is 0.868 bits per heavy atom. The van der Waals surface area contributed by atoms with Crippen molar-refractivity contribution in [3.05, 3.63) is 107 Å². The summed E-state index contributed by atoms with van der Waals surface area (Å²) < 4.78 is 19.0. The van der Waals surface area contributed by atoms with Crippen LogP contribution in [0.15, 0.2) is 95.5 Å². The summed E-state index contributed by atoms with van der Waals surface area (Å²) >= 11 is 3.42. The molecule has 0 spiro atoms. The summed E-state index contributed by atoms with van der Waals surface area (Å²) in [5.74, 6) is 1.67. The van der Waals surface area contributed by atoms with Crippen LogP contribution in [0.4, 0.5) is 4.79 Å². The summed E-state index contributed by atoms with van der Waals surface area (Å²) in [5, 5.41) is 11.9. The third-order valence-corrected chi connectivity index (χ3v) is 7.38. The van der Waals surface area contributed by atoms with E-state index in [0.29, 0.717) is 39.3 Å². The van der Waals surface area contributed by atoms with E-state index in [9.17, 15) is 9.90 Å². The largest absolute Gasteiger partial charge is 0.490 e. The van der Waals surface area contributed by atoms with Crippen molar-refractivity contribution in [3.8, 4) is 11.5 Å². The van der Waals surface area contributed by atoms with Crippen molar-refractivity contribution < 1.29 is 24.1 Å². The first-order valence-electron chi connectivity index (χ1n) is 12.7. The SMILES string of the molecule is O=C(O)N1CCC(c2ccc(OCCOc3ccc(Br)cc3)cc2)C(OCc2ccc3ccccc3c2)C1. The molecule has 2 atom stereocenters. The Morgan fingerprint density at radius 2 is 1.53 bits per heavy atom. The molecule has 1 fully saturated rings. The van der Waals surface area contributed by atoms with E-state index in [4.69, 9.17) is 14.2 Å². The van der Waals surface area contributed by atoms with Crippen LogP contribution in [-0.2, 0) is 11.3 Å². The minimum Gasteiger partial charge on any atom is -0.490 e. The maximum absolute atomic E-state index is 11.7. The van der Waals surface area contributed by atoms with Gasteiger partial charge in [-0.2, -0.15) is 0 Å². The maximum atomic E-state index is 11.7. The van der Waals surface area contributed by atoms with Gasteiger partial charge in [0.05, 0.1) is 19.3 Å². The summed E-state index contributed by atoms with van der Waals surface area (Å²) in [5.41, 5.74) is 2.20. The molecule has 2 unspecified atom stereocenters. The predicted molar refractivity (Wildman–Crippen MR) is 151 cm³/mol. The van der Waals surface area contributed by atoms with Gasteiger partial charge in [0.15, 0.2) is 0 Å². The van der Waals surface area contributed by atoms with E-state index in [2.05, 4.69) is 58.4 Å². The lowest BCUT2D eigenvalue weighted by atomic mass is 9.87. The molecule has 196 valence electrons. The second kappa shape index (κ2) is 12.3. The van der Waals surface area contributed by atoms with E-state index in [1.807, 2.05) is 48.5 Å². The fraction of sp³-hybridized carbons (Fsp3) is 0.258. The standard InChI is InChI=1S/C31H30BrNO5/c32-26-9-13-28(14-10-26)37-18-17-36-27-11-7-24(8-12-27)29-15-16-33(31(34)35)20-30(29)38-21-22-5-6-23-3-1-2-4-25(23)19-22/h1-14,19,29-30H,15-18,20-21H2,(H,34,35). The zero-order valence-electron chi connectivity index (χ0n) is 21.0. The Labute approximate surface area is 230 Å². The minimum absolute atomic E-state index is 0.0980. The summed E-state index contributed by atoms with van der Waals surface area (Å²) in [7, 11) is 0. The highest BCUT2D eigenvalue weighted by atomic mass is 79.9. The van der Waals surface area contributed by atoms with Crippen molar-refractivity contribution in [2.45, 2.75) is 25.0 Å². The number of hydrogen-bond acceptors (Lipinski definition) is 4. The molecule has 0 aromatic heterocycles. The Hall–Kier alpha value is -3.55. The van der Waals surface area contributed by atoms with Crippen LogP contribution >= 0.6 is 15.9 Å². The highest BCUT2D eigenvalue weighted by Gasteiger charge is 2.33. The lowest BCUT2D eigenvalue weighted by molar-refractivity contribution is -0.0199. The van der Waals surface area contributed by atoms with Gasteiger partial charge in [-0.25, -0.2) is 4.79 Å². The quantitative estimate of drug-likeness (QED) is 0.215. The van der Waals surface area contributed by atoms with Gasteiger partial charge in [-0.1, -0.05) is 64.5 Å². The lowest BCUT2D eigenvalue weighted by Crippen LogP contribution is -2.46. The van der Waals surface area contributed by atoms with Crippen LogP contribution in [0.5, 0.6) is 11.5 Å². The van der Waals surface area contributed by atoms with Crippen molar-refractivity contribution in [3.63, 3.8) is 0 Å². The molecule has 1 heterocycles. The van der Waals surface area contributed by atoms with Gasteiger partial charge >= 0.3 is 6.09 Å². The Kier molecular flexibility index (Phi) is 8.46. The molecule has 0 radical (unpaired) electrons.